The molecule has 0 saturated heterocycles. The van der Waals surface area contributed by atoms with Gasteiger partial charge in [-0.1, -0.05) is 19.9 Å². The van der Waals surface area contributed by atoms with Crippen LogP contribution in [0.5, 0.6) is 5.75 Å². The molecular formula is C14H20FNO3. The quantitative estimate of drug-likeness (QED) is 0.823. The van der Waals surface area contributed by atoms with Gasteiger partial charge in [-0.05, 0) is 23.6 Å². The van der Waals surface area contributed by atoms with E-state index < -0.39 is 5.82 Å². The number of aliphatic hydroxyl groups excluding tert-OH is 1. The van der Waals surface area contributed by atoms with E-state index in [9.17, 15) is 9.18 Å². The predicted octanol–water partition coefficient (Wildman–Crippen LogP) is 1.51. The summed E-state index contributed by atoms with van der Waals surface area (Å²) in [6, 6.07) is 4.13. The Hall–Kier alpha value is -1.62. The number of methoxy groups -OCH3 is 1. The minimum absolute atomic E-state index is 0.0735. The topological polar surface area (TPSA) is 58.6 Å². The van der Waals surface area contributed by atoms with E-state index >= 15 is 0 Å². The highest BCUT2D eigenvalue weighted by molar-refractivity contribution is 5.78. The van der Waals surface area contributed by atoms with Crippen molar-refractivity contribution >= 4 is 5.91 Å². The molecule has 5 heteroatoms. The van der Waals surface area contributed by atoms with E-state index in [1.165, 1.54) is 19.2 Å². The second kappa shape index (κ2) is 7.09. The molecule has 19 heavy (non-hydrogen) atoms. The van der Waals surface area contributed by atoms with Crippen molar-refractivity contribution in [3.8, 4) is 5.75 Å². The summed E-state index contributed by atoms with van der Waals surface area (Å²) in [7, 11) is 1.39. The van der Waals surface area contributed by atoms with Crippen molar-refractivity contribution in [2.24, 2.45) is 5.92 Å². The third kappa shape index (κ3) is 4.52. The lowest BCUT2D eigenvalue weighted by Crippen LogP contribution is -2.41. The van der Waals surface area contributed by atoms with Crippen LogP contribution in [0.1, 0.15) is 19.4 Å². The van der Waals surface area contributed by atoms with Gasteiger partial charge in [0.2, 0.25) is 5.91 Å². The molecule has 1 aromatic carbocycles. The zero-order chi connectivity index (χ0) is 14.4. The number of benzene rings is 1. The van der Waals surface area contributed by atoms with Gasteiger partial charge < -0.3 is 15.2 Å². The number of rotatable bonds is 6. The highest BCUT2D eigenvalue weighted by atomic mass is 19.1. The molecule has 0 aromatic heterocycles. The molecule has 0 fully saturated rings. The minimum Gasteiger partial charge on any atom is -0.494 e. The van der Waals surface area contributed by atoms with Crippen LogP contribution in [-0.4, -0.2) is 30.8 Å². The molecule has 0 aliphatic heterocycles. The van der Waals surface area contributed by atoms with Crippen molar-refractivity contribution in [2.45, 2.75) is 26.3 Å². The Bertz CT molecular complexity index is 435. The smallest absolute Gasteiger partial charge is 0.224 e. The van der Waals surface area contributed by atoms with E-state index in [-0.39, 0.29) is 36.6 Å². The van der Waals surface area contributed by atoms with Crippen LogP contribution >= 0.6 is 0 Å². The fourth-order valence-corrected chi connectivity index (χ4v) is 1.69. The summed E-state index contributed by atoms with van der Waals surface area (Å²) in [6.45, 7) is 3.71. The lowest BCUT2D eigenvalue weighted by atomic mass is 10.0. The van der Waals surface area contributed by atoms with Gasteiger partial charge >= 0.3 is 0 Å². The number of halogens is 1. The maximum atomic E-state index is 13.5. The molecule has 0 bridgehead atoms. The molecule has 0 radical (unpaired) electrons. The Balaban J connectivity index is 2.64. The molecule has 1 amide bonds. The minimum atomic E-state index is -0.490. The largest absolute Gasteiger partial charge is 0.494 e. The maximum Gasteiger partial charge on any atom is 0.224 e. The van der Waals surface area contributed by atoms with Gasteiger partial charge in [-0.15, -0.1) is 0 Å². The monoisotopic (exact) mass is 269 g/mol. The number of carbonyl (C=O) groups excluding carboxylic acids is 1. The van der Waals surface area contributed by atoms with Gasteiger partial charge in [-0.25, -0.2) is 4.39 Å². The summed E-state index contributed by atoms with van der Waals surface area (Å²) in [5.41, 5.74) is 0.566. The van der Waals surface area contributed by atoms with Crippen molar-refractivity contribution < 1.29 is 19.0 Å². The first kappa shape index (κ1) is 15.4. The van der Waals surface area contributed by atoms with Gasteiger partial charge in [0, 0.05) is 0 Å². The third-order valence-electron chi connectivity index (χ3n) is 2.93. The number of hydrogen-bond donors (Lipinski definition) is 2. The molecule has 0 spiro atoms. The Morgan fingerprint density at radius 2 is 2.16 bits per heavy atom. The zero-order valence-corrected chi connectivity index (χ0v) is 11.4. The summed E-state index contributed by atoms with van der Waals surface area (Å²) < 4.78 is 18.3. The summed E-state index contributed by atoms with van der Waals surface area (Å²) in [5.74, 6) is -0.436. The van der Waals surface area contributed by atoms with Crippen molar-refractivity contribution in [3.05, 3.63) is 29.6 Å². The van der Waals surface area contributed by atoms with Gasteiger partial charge in [0.05, 0.1) is 26.2 Å². The van der Waals surface area contributed by atoms with Gasteiger partial charge in [-0.2, -0.15) is 0 Å². The Kier molecular flexibility index (Phi) is 5.76. The van der Waals surface area contributed by atoms with Gasteiger partial charge in [0.1, 0.15) is 0 Å². The molecule has 0 saturated carbocycles. The Labute approximate surface area is 112 Å². The average Bonchev–Trinajstić information content (AvgIpc) is 2.35. The number of hydrogen-bond acceptors (Lipinski definition) is 3. The first-order valence-electron chi connectivity index (χ1n) is 6.20. The number of ether oxygens (including phenoxy) is 1. The van der Waals surface area contributed by atoms with Crippen LogP contribution in [0.15, 0.2) is 18.2 Å². The van der Waals surface area contributed by atoms with Crippen molar-refractivity contribution in [1.29, 1.82) is 0 Å². The van der Waals surface area contributed by atoms with Crippen molar-refractivity contribution in [1.82, 2.24) is 5.32 Å². The van der Waals surface area contributed by atoms with Crippen LogP contribution in [0.2, 0.25) is 0 Å². The van der Waals surface area contributed by atoms with Gasteiger partial charge in [0.25, 0.3) is 0 Å². The highest BCUT2D eigenvalue weighted by Crippen LogP contribution is 2.18. The Morgan fingerprint density at radius 1 is 1.47 bits per heavy atom. The first-order valence-corrected chi connectivity index (χ1v) is 6.20. The van der Waals surface area contributed by atoms with Gasteiger partial charge in [0.15, 0.2) is 11.6 Å². The predicted molar refractivity (Wildman–Crippen MR) is 70.5 cm³/mol. The number of nitrogens with one attached hydrogen (secondary N) is 1. The normalized spacial score (nSPS) is 12.3. The summed E-state index contributed by atoms with van der Waals surface area (Å²) in [6.07, 6.45) is 0.0735. The third-order valence-corrected chi connectivity index (χ3v) is 2.93. The lowest BCUT2D eigenvalue weighted by Gasteiger charge is -2.19. The fraction of sp³-hybridized carbons (Fsp3) is 0.500. The van der Waals surface area contributed by atoms with Crippen LogP contribution in [0.4, 0.5) is 4.39 Å². The fourth-order valence-electron chi connectivity index (χ4n) is 1.69. The van der Waals surface area contributed by atoms with Crippen molar-refractivity contribution in [2.75, 3.05) is 13.7 Å². The lowest BCUT2D eigenvalue weighted by molar-refractivity contribution is -0.121. The summed E-state index contributed by atoms with van der Waals surface area (Å²) in [5, 5.41) is 11.9. The van der Waals surface area contributed by atoms with Crippen LogP contribution in [0.25, 0.3) is 0 Å². The van der Waals surface area contributed by atoms with Crippen molar-refractivity contribution in [3.63, 3.8) is 0 Å². The van der Waals surface area contributed by atoms with E-state index in [0.717, 1.165) is 0 Å². The summed E-state index contributed by atoms with van der Waals surface area (Å²) in [4.78, 5) is 11.8. The second-order valence-electron chi connectivity index (χ2n) is 4.75. The van der Waals surface area contributed by atoms with Crippen LogP contribution in [0, 0.1) is 11.7 Å². The number of amides is 1. The van der Waals surface area contributed by atoms with E-state index in [0.29, 0.717) is 5.56 Å². The average molecular weight is 269 g/mol. The molecule has 1 unspecified atom stereocenters. The molecule has 0 heterocycles. The molecular weight excluding hydrogens is 249 g/mol. The summed E-state index contributed by atoms with van der Waals surface area (Å²) >= 11 is 0. The standard InChI is InChI=1S/C14H20FNO3/c1-9(2)12(8-17)16-14(18)7-10-4-5-13(19-3)11(15)6-10/h4-6,9,12,17H,7-8H2,1-3H3,(H,16,18). The SMILES string of the molecule is COc1ccc(CC(=O)NC(CO)C(C)C)cc1F. The Morgan fingerprint density at radius 3 is 2.63 bits per heavy atom. The second-order valence-corrected chi connectivity index (χ2v) is 4.75. The number of carbonyl (C=O) groups is 1. The van der Waals surface area contributed by atoms with E-state index in [4.69, 9.17) is 9.84 Å². The molecule has 2 N–H and O–H groups in total. The molecule has 0 aliphatic rings. The molecule has 1 atom stereocenters. The highest BCUT2D eigenvalue weighted by Gasteiger charge is 2.15. The van der Waals surface area contributed by atoms with E-state index in [1.807, 2.05) is 13.8 Å². The van der Waals surface area contributed by atoms with Gasteiger partial charge in [-0.3, -0.25) is 4.79 Å². The molecule has 1 aromatic rings. The van der Waals surface area contributed by atoms with Crippen LogP contribution in [0.3, 0.4) is 0 Å². The molecule has 1 rings (SSSR count). The molecule has 4 nitrogen and oxygen atoms in total. The van der Waals surface area contributed by atoms with Crippen LogP contribution < -0.4 is 10.1 Å². The maximum absolute atomic E-state index is 13.5. The van der Waals surface area contributed by atoms with E-state index in [1.54, 1.807) is 6.07 Å². The van der Waals surface area contributed by atoms with E-state index in [2.05, 4.69) is 5.32 Å². The first-order chi connectivity index (χ1) is 8.97. The number of aliphatic hydroxyl groups is 1. The molecule has 106 valence electrons. The zero-order valence-electron chi connectivity index (χ0n) is 11.4. The molecule has 0 aliphatic carbocycles. The van der Waals surface area contributed by atoms with Crippen LogP contribution in [-0.2, 0) is 11.2 Å².